The predicted molar refractivity (Wildman–Crippen MR) is 111 cm³/mol. The van der Waals surface area contributed by atoms with Gasteiger partial charge in [0.1, 0.15) is 5.75 Å². The van der Waals surface area contributed by atoms with E-state index in [0.29, 0.717) is 18.3 Å². The minimum absolute atomic E-state index is 0.000464. The van der Waals surface area contributed by atoms with Gasteiger partial charge in [-0.15, -0.1) is 0 Å². The molecule has 1 atom stereocenters. The lowest BCUT2D eigenvalue weighted by atomic mass is 9.77. The van der Waals surface area contributed by atoms with Gasteiger partial charge >= 0.3 is 0 Å². The SMILES string of the molecule is COc1ccc(C)cc1CC(=O)N[C@H](c1ccccn1)C1CCC(CN)CC1. The van der Waals surface area contributed by atoms with Crippen LogP contribution in [-0.4, -0.2) is 24.5 Å². The number of ether oxygens (including phenoxy) is 1. The first-order valence-corrected chi connectivity index (χ1v) is 10.1. The third-order valence-corrected chi connectivity index (χ3v) is 5.81. The van der Waals surface area contributed by atoms with Crippen molar-refractivity contribution < 1.29 is 9.53 Å². The molecular formula is C23H31N3O2. The molecule has 0 bridgehead atoms. The number of pyridine rings is 1. The van der Waals surface area contributed by atoms with E-state index >= 15 is 0 Å². The minimum atomic E-state index is -0.0665. The molecule has 1 heterocycles. The molecule has 1 aliphatic rings. The van der Waals surface area contributed by atoms with Crippen LogP contribution in [-0.2, 0) is 11.2 Å². The van der Waals surface area contributed by atoms with Crippen LogP contribution in [0.2, 0.25) is 0 Å². The van der Waals surface area contributed by atoms with Crippen LogP contribution < -0.4 is 15.8 Å². The Hall–Kier alpha value is -2.40. The number of aromatic nitrogens is 1. The highest BCUT2D eigenvalue weighted by atomic mass is 16.5. The van der Waals surface area contributed by atoms with Crippen LogP contribution in [0.3, 0.4) is 0 Å². The van der Waals surface area contributed by atoms with Gasteiger partial charge in [0, 0.05) is 11.8 Å². The van der Waals surface area contributed by atoms with Crippen LogP contribution in [0.5, 0.6) is 5.75 Å². The average molecular weight is 382 g/mol. The van der Waals surface area contributed by atoms with Gasteiger partial charge < -0.3 is 15.8 Å². The average Bonchev–Trinajstić information content (AvgIpc) is 2.73. The zero-order valence-electron chi connectivity index (χ0n) is 16.9. The molecule has 0 saturated heterocycles. The zero-order chi connectivity index (χ0) is 19.9. The first-order valence-electron chi connectivity index (χ1n) is 10.1. The molecule has 3 rings (SSSR count). The van der Waals surface area contributed by atoms with Crippen LogP contribution in [0.4, 0.5) is 0 Å². The largest absolute Gasteiger partial charge is 0.496 e. The summed E-state index contributed by atoms with van der Waals surface area (Å²) in [4.78, 5) is 17.5. The molecule has 1 saturated carbocycles. The number of amides is 1. The number of carbonyl (C=O) groups is 1. The van der Waals surface area contributed by atoms with Crippen LogP contribution in [0.25, 0.3) is 0 Å². The Morgan fingerprint density at radius 1 is 1.25 bits per heavy atom. The Bertz CT molecular complexity index is 771. The van der Waals surface area contributed by atoms with E-state index < -0.39 is 0 Å². The summed E-state index contributed by atoms with van der Waals surface area (Å²) in [5.41, 5.74) is 8.81. The van der Waals surface area contributed by atoms with Crippen molar-refractivity contribution in [1.29, 1.82) is 0 Å². The van der Waals surface area contributed by atoms with E-state index in [0.717, 1.165) is 54.8 Å². The second-order valence-electron chi connectivity index (χ2n) is 7.81. The van der Waals surface area contributed by atoms with Crippen molar-refractivity contribution in [1.82, 2.24) is 10.3 Å². The number of methoxy groups -OCH3 is 1. The first-order chi connectivity index (χ1) is 13.6. The molecule has 1 aromatic heterocycles. The van der Waals surface area contributed by atoms with Gasteiger partial charge in [-0.2, -0.15) is 0 Å². The summed E-state index contributed by atoms with van der Waals surface area (Å²) in [5.74, 6) is 1.74. The monoisotopic (exact) mass is 381 g/mol. The van der Waals surface area contributed by atoms with Gasteiger partial charge in [-0.3, -0.25) is 9.78 Å². The van der Waals surface area contributed by atoms with Gasteiger partial charge in [-0.05, 0) is 69.2 Å². The molecule has 5 heteroatoms. The highest BCUT2D eigenvalue weighted by molar-refractivity contribution is 5.79. The smallest absolute Gasteiger partial charge is 0.225 e. The van der Waals surface area contributed by atoms with Crippen molar-refractivity contribution >= 4 is 5.91 Å². The number of hydrogen-bond donors (Lipinski definition) is 2. The molecule has 0 radical (unpaired) electrons. The first kappa shape index (κ1) is 20.3. The van der Waals surface area contributed by atoms with Gasteiger partial charge in [0.25, 0.3) is 0 Å². The maximum absolute atomic E-state index is 12.9. The van der Waals surface area contributed by atoms with Gasteiger partial charge in [-0.1, -0.05) is 23.8 Å². The maximum atomic E-state index is 12.9. The molecule has 0 spiro atoms. The summed E-state index contributed by atoms with van der Waals surface area (Å²) in [6.45, 7) is 2.77. The topological polar surface area (TPSA) is 77.2 Å². The summed E-state index contributed by atoms with van der Waals surface area (Å²) < 4.78 is 5.43. The number of nitrogens with one attached hydrogen (secondary N) is 1. The third kappa shape index (κ3) is 5.10. The van der Waals surface area contributed by atoms with Crippen LogP contribution in [0, 0.1) is 18.8 Å². The Labute approximate surface area is 167 Å². The molecule has 28 heavy (non-hydrogen) atoms. The number of aryl methyl sites for hydroxylation is 1. The lowest BCUT2D eigenvalue weighted by Gasteiger charge is -2.33. The van der Waals surface area contributed by atoms with Crippen molar-refractivity contribution in [2.45, 2.75) is 45.1 Å². The van der Waals surface area contributed by atoms with Crippen LogP contribution >= 0.6 is 0 Å². The van der Waals surface area contributed by atoms with E-state index in [-0.39, 0.29) is 11.9 Å². The summed E-state index contributed by atoms with van der Waals surface area (Å²) in [6, 6.07) is 11.8. The molecule has 5 nitrogen and oxygen atoms in total. The number of carbonyl (C=O) groups excluding carboxylic acids is 1. The maximum Gasteiger partial charge on any atom is 0.225 e. The standard InChI is InChI=1S/C23H31N3O2/c1-16-6-11-21(28-2)19(13-16)14-22(27)26-23(20-5-3-4-12-25-20)18-9-7-17(15-24)8-10-18/h3-6,11-13,17-18,23H,7-10,14-15,24H2,1-2H3,(H,26,27)/t17?,18?,23-/m0/s1. The molecular weight excluding hydrogens is 350 g/mol. The van der Waals surface area contributed by atoms with Crippen molar-refractivity contribution in [3.05, 3.63) is 59.4 Å². The summed E-state index contributed by atoms with van der Waals surface area (Å²) >= 11 is 0. The fourth-order valence-corrected chi connectivity index (χ4v) is 4.19. The molecule has 150 valence electrons. The van der Waals surface area contributed by atoms with Crippen LogP contribution in [0.1, 0.15) is 48.5 Å². The second-order valence-corrected chi connectivity index (χ2v) is 7.81. The quantitative estimate of drug-likeness (QED) is 0.769. The highest BCUT2D eigenvalue weighted by Gasteiger charge is 2.30. The Balaban J connectivity index is 1.74. The Kier molecular flexibility index (Phi) is 7.04. The molecule has 0 unspecified atom stereocenters. The molecule has 1 fully saturated rings. The van der Waals surface area contributed by atoms with Crippen molar-refractivity contribution in [2.75, 3.05) is 13.7 Å². The number of benzene rings is 1. The minimum Gasteiger partial charge on any atom is -0.496 e. The number of nitrogens with zero attached hydrogens (tertiary/aromatic N) is 1. The van der Waals surface area contributed by atoms with E-state index in [1.165, 1.54) is 0 Å². The fourth-order valence-electron chi connectivity index (χ4n) is 4.19. The van der Waals surface area contributed by atoms with Gasteiger partial charge in [0.05, 0.1) is 25.3 Å². The summed E-state index contributed by atoms with van der Waals surface area (Å²) in [6.07, 6.45) is 6.46. The zero-order valence-corrected chi connectivity index (χ0v) is 16.9. The van der Waals surface area contributed by atoms with Gasteiger partial charge in [-0.25, -0.2) is 0 Å². The van der Waals surface area contributed by atoms with Crippen molar-refractivity contribution in [3.8, 4) is 5.75 Å². The van der Waals surface area contributed by atoms with Crippen molar-refractivity contribution in [3.63, 3.8) is 0 Å². The van der Waals surface area contributed by atoms with Crippen molar-refractivity contribution in [2.24, 2.45) is 17.6 Å². The lowest BCUT2D eigenvalue weighted by molar-refractivity contribution is -0.121. The normalized spacial score (nSPS) is 20.4. The fraction of sp³-hybridized carbons (Fsp3) is 0.478. The molecule has 3 N–H and O–H groups in total. The number of rotatable bonds is 7. The molecule has 1 aliphatic carbocycles. The lowest BCUT2D eigenvalue weighted by Crippen LogP contribution is -2.37. The number of nitrogens with two attached hydrogens (primary N) is 1. The van der Waals surface area contributed by atoms with E-state index in [1.807, 2.05) is 43.3 Å². The van der Waals surface area contributed by atoms with Crippen LogP contribution in [0.15, 0.2) is 42.6 Å². The molecule has 0 aliphatic heterocycles. The third-order valence-electron chi connectivity index (χ3n) is 5.81. The Morgan fingerprint density at radius 3 is 2.68 bits per heavy atom. The van der Waals surface area contributed by atoms with E-state index in [4.69, 9.17) is 10.5 Å². The Morgan fingerprint density at radius 2 is 2.04 bits per heavy atom. The van der Waals surface area contributed by atoms with Gasteiger partial charge in [0.15, 0.2) is 0 Å². The molecule has 1 aromatic carbocycles. The summed E-state index contributed by atoms with van der Waals surface area (Å²) in [5, 5.41) is 3.27. The summed E-state index contributed by atoms with van der Waals surface area (Å²) in [7, 11) is 1.64. The number of hydrogen-bond acceptors (Lipinski definition) is 4. The van der Waals surface area contributed by atoms with E-state index in [9.17, 15) is 4.79 Å². The van der Waals surface area contributed by atoms with E-state index in [1.54, 1.807) is 13.3 Å². The highest BCUT2D eigenvalue weighted by Crippen LogP contribution is 2.36. The van der Waals surface area contributed by atoms with E-state index in [2.05, 4.69) is 10.3 Å². The molecule has 2 aromatic rings. The molecule has 1 amide bonds. The van der Waals surface area contributed by atoms with Gasteiger partial charge in [0.2, 0.25) is 5.91 Å². The second kappa shape index (κ2) is 9.69. The predicted octanol–water partition coefficient (Wildman–Crippen LogP) is 3.56.